The molecule has 0 radical (unpaired) electrons. The quantitative estimate of drug-likeness (QED) is 0.719. The van der Waals surface area contributed by atoms with Crippen LogP contribution in [0.1, 0.15) is 18.4 Å². The molecule has 0 atom stereocenters. The maximum absolute atomic E-state index is 12.5. The molecule has 0 aromatic heterocycles. The van der Waals surface area contributed by atoms with E-state index in [-0.39, 0.29) is 17.2 Å². The highest BCUT2D eigenvalue weighted by molar-refractivity contribution is 7.90. The maximum Gasteiger partial charge on any atom is 0.262 e. The number of benzene rings is 2. The highest BCUT2D eigenvalue weighted by Crippen LogP contribution is 2.27. The third kappa shape index (κ3) is 5.26. The third-order valence-corrected chi connectivity index (χ3v) is 5.75. The summed E-state index contributed by atoms with van der Waals surface area (Å²) in [5.41, 5.74) is 1.14. The van der Waals surface area contributed by atoms with E-state index < -0.39 is 10.0 Å². The first-order valence-electron chi connectivity index (χ1n) is 9.08. The van der Waals surface area contributed by atoms with Crippen molar-refractivity contribution in [1.82, 2.24) is 4.72 Å². The molecule has 0 saturated carbocycles. The largest absolute Gasteiger partial charge is 0.493 e. The third-order valence-electron chi connectivity index (χ3n) is 4.37. The van der Waals surface area contributed by atoms with Crippen LogP contribution in [0.5, 0.6) is 11.5 Å². The Morgan fingerprint density at radius 1 is 1.10 bits per heavy atom. The summed E-state index contributed by atoms with van der Waals surface area (Å²) < 4.78 is 38.0. The summed E-state index contributed by atoms with van der Waals surface area (Å²) in [7, 11) is -0.672. The number of nitrogens with one attached hydrogen (secondary N) is 2. The molecule has 1 amide bonds. The van der Waals surface area contributed by atoms with Crippen LogP contribution < -0.4 is 19.5 Å². The first-order valence-corrected chi connectivity index (χ1v) is 10.6. The summed E-state index contributed by atoms with van der Waals surface area (Å²) in [5, 5.41) is 2.73. The van der Waals surface area contributed by atoms with Crippen molar-refractivity contribution < 1.29 is 22.7 Å². The molecule has 154 valence electrons. The van der Waals surface area contributed by atoms with Crippen molar-refractivity contribution in [2.75, 3.05) is 26.1 Å². The molecule has 0 fully saturated rings. The lowest BCUT2D eigenvalue weighted by molar-refractivity contribution is -0.115. The molecule has 1 aliphatic rings. The summed E-state index contributed by atoms with van der Waals surface area (Å²) in [4.78, 5) is 16.6. The Kier molecular flexibility index (Phi) is 6.38. The van der Waals surface area contributed by atoms with Gasteiger partial charge in [0.2, 0.25) is 5.91 Å². The SMILES string of the molecule is COc1ccc(CC(=O)Nc2cccc(S(=O)(=O)NC3=NCCC3)c2)cc1OC. The van der Waals surface area contributed by atoms with E-state index >= 15 is 0 Å². The minimum Gasteiger partial charge on any atom is -0.493 e. The molecular formula is C20H23N3O5S. The van der Waals surface area contributed by atoms with Gasteiger partial charge < -0.3 is 14.8 Å². The van der Waals surface area contributed by atoms with Gasteiger partial charge in [0.25, 0.3) is 10.0 Å². The van der Waals surface area contributed by atoms with Crippen LogP contribution in [-0.2, 0) is 21.2 Å². The van der Waals surface area contributed by atoms with E-state index in [9.17, 15) is 13.2 Å². The number of carbonyl (C=O) groups excluding carboxylic acids is 1. The predicted molar refractivity (Wildman–Crippen MR) is 110 cm³/mol. The standard InChI is InChI=1S/C20H23N3O5S/c1-27-17-9-8-14(11-18(17)28-2)12-20(24)22-15-5-3-6-16(13-15)29(25,26)23-19-7-4-10-21-19/h3,5-6,8-9,11,13H,4,7,10,12H2,1-2H3,(H,21,23)(H,22,24). The van der Waals surface area contributed by atoms with E-state index in [4.69, 9.17) is 9.47 Å². The zero-order valence-corrected chi connectivity index (χ0v) is 17.1. The van der Waals surface area contributed by atoms with Gasteiger partial charge in [-0.3, -0.25) is 14.5 Å². The van der Waals surface area contributed by atoms with Gasteiger partial charge in [0.05, 0.1) is 25.5 Å². The molecule has 3 rings (SSSR count). The van der Waals surface area contributed by atoms with Gasteiger partial charge in [0.15, 0.2) is 11.5 Å². The minimum absolute atomic E-state index is 0.0658. The van der Waals surface area contributed by atoms with E-state index in [1.165, 1.54) is 19.2 Å². The van der Waals surface area contributed by atoms with E-state index in [0.29, 0.717) is 36.0 Å². The van der Waals surface area contributed by atoms with Gasteiger partial charge in [0.1, 0.15) is 5.84 Å². The fraction of sp³-hybridized carbons (Fsp3) is 0.300. The van der Waals surface area contributed by atoms with Gasteiger partial charge in [-0.15, -0.1) is 0 Å². The smallest absolute Gasteiger partial charge is 0.262 e. The average molecular weight is 417 g/mol. The Bertz CT molecular complexity index is 1030. The molecule has 1 heterocycles. The normalized spacial score (nSPS) is 13.5. The lowest BCUT2D eigenvalue weighted by atomic mass is 10.1. The minimum atomic E-state index is -3.74. The molecule has 0 bridgehead atoms. The lowest BCUT2D eigenvalue weighted by Gasteiger charge is -2.11. The molecule has 0 aliphatic carbocycles. The van der Waals surface area contributed by atoms with Crippen LogP contribution in [0, 0.1) is 0 Å². The molecule has 2 aromatic rings. The van der Waals surface area contributed by atoms with Crippen LogP contribution in [0.25, 0.3) is 0 Å². The van der Waals surface area contributed by atoms with Crippen molar-refractivity contribution in [3.05, 3.63) is 48.0 Å². The van der Waals surface area contributed by atoms with Crippen LogP contribution >= 0.6 is 0 Å². The zero-order valence-electron chi connectivity index (χ0n) is 16.3. The first kappa shape index (κ1) is 20.7. The highest BCUT2D eigenvalue weighted by Gasteiger charge is 2.19. The van der Waals surface area contributed by atoms with Crippen molar-refractivity contribution in [3.8, 4) is 11.5 Å². The molecule has 0 saturated heterocycles. The molecule has 9 heteroatoms. The van der Waals surface area contributed by atoms with Crippen LogP contribution in [0.2, 0.25) is 0 Å². The monoisotopic (exact) mass is 417 g/mol. The summed E-state index contributed by atoms with van der Waals surface area (Å²) in [6, 6.07) is 11.3. The molecule has 0 unspecified atom stereocenters. The van der Waals surface area contributed by atoms with Gasteiger partial charge >= 0.3 is 0 Å². The second kappa shape index (κ2) is 8.95. The van der Waals surface area contributed by atoms with E-state index in [2.05, 4.69) is 15.0 Å². The Balaban J connectivity index is 1.69. The molecular weight excluding hydrogens is 394 g/mol. The number of amidine groups is 1. The Morgan fingerprint density at radius 3 is 2.59 bits per heavy atom. The van der Waals surface area contributed by atoms with Gasteiger partial charge in [-0.25, -0.2) is 8.42 Å². The number of anilines is 1. The number of hydrogen-bond acceptors (Lipinski definition) is 6. The number of aliphatic imine (C=N–C) groups is 1. The van der Waals surface area contributed by atoms with Crippen molar-refractivity contribution in [1.29, 1.82) is 0 Å². The Morgan fingerprint density at radius 2 is 1.90 bits per heavy atom. The van der Waals surface area contributed by atoms with Gasteiger partial charge in [-0.05, 0) is 42.3 Å². The van der Waals surface area contributed by atoms with Crippen molar-refractivity contribution in [3.63, 3.8) is 0 Å². The molecule has 2 N–H and O–H groups in total. The number of methoxy groups -OCH3 is 2. The van der Waals surface area contributed by atoms with Crippen molar-refractivity contribution in [2.45, 2.75) is 24.2 Å². The van der Waals surface area contributed by atoms with Crippen LogP contribution in [0.3, 0.4) is 0 Å². The highest BCUT2D eigenvalue weighted by atomic mass is 32.2. The number of sulfonamides is 1. The maximum atomic E-state index is 12.5. The lowest BCUT2D eigenvalue weighted by Crippen LogP contribution is -2.29. The Labute approximate surface area is 170 Å². The van der Waals surface area contributed by atoms with Crippen molar-refractivity contribution in [2.24, 2.45) is 4.99 Å². The predicted octanol–water partition coefficient (Wildman–Crippen LogP) is 2.36. The average Bonchev–Trinajstić information content (AvgIpc) is 3.20. The number of nitrogens with zero attached hydrogens (tertiary/aromatic N) is 1. The number of ether oxygens (including phenoxy) is 2. The topological polar surface area (TPSA) is 106 Å². The van der Waals surface area contributed by atoms with Gasteiger partial charge in [0, 0.05) is 18.7 Å². The molecule has 1 aliphatic heterocycles. The molecule has 0 spiro atoms. The number of hydrogen-bond donors (Lipinski definition) is 2. The molecule has 2 aromatic carbocycles. The second-order valence-electron chi connectivity index (χ2n) is 6.48. The van der Waals surface area contributed by atoms with Crippen LogP contribution in [0.4, 0.5) is 5.69 Å². The van der Waals surface area contributed by atoms with Crippen LogP contribution in [0.15, 0.2) is 52.4 Å². The molecule has 29 heavy (non-hydrogen) atoms. The first-order chi connectivity index (χ1) is 13.9. The van der Waals surface area contributed by atoms with Crippen LogP contribution in [-0.4, -0.2) is 40.9 Å². The fourth-order valence-electron chi connectivity index (χ4n) is 2.96. The summed E-state index contributed by atoms with van der Waals surface area (Å²) >= 11 is 0. The van der Waals surface area contributed by atoms with Crippen molar-refractivity contribution >= 4 is 27.5 Å². The second-order valence-corrected chi connectivity index (χ2v) is 8.16. The number of carbonyl (C=O) groups is 1. The molecule has 8 nitrogen and oxygen atoms in total. The zero-order chi connectivity index (χ0) is 20.9. The van der Waals surface area contributed by atoms with E-state index in [1.54, 1.807) is 37.4 Å². The number of amides is 1. The van der Waals surface area contributed by atoms with E-state index in [0.717, 1.165) is 12.0 Å². The fourth-order valence-corrected chi connectivity index (χ4v) is 4.09. The Hall–Kier alpha value is -3.07. The summed E-state index contributed by atoms with van der Waals surface area (Å²) in [6.07, 6.45) is 1.55. The summed E-state index contributed by atoms with van der Waals surface area (Å²) in [6.45, 7) is 0.629. The van der Waals surface area contributed by atoms with Gasteiger partial charge in [-0.2, -0.15) is 0 Å². The summed E-state index contributed by atoms with van der Waals surface area (Å²) in [5.74, 6) is 1.30. The number of rotatable bonds is 7. The van der Waals surface area contributed by atoms with Gasteiger partial charge in [-0.1, -0.05) is 12.1 Å². The van der Waals surface area contributed by atoms with E-state index in [1.807, 2.05) is 0 Å².